The second kappa shape index (κ2) is 7.11. The molecule has 1 aliphatic heterocycles. The van der Waals surface area contributed by atoms with Gasteiger partial charge in [0.1, 0.15) is 0 Å². The van der Waals surface area contributed by atoms with E-state index >= 15 is 0 Å². The molecule has 0 aromatic heterocycles. The van der Waals surface area contributed by atoms with E-state index in [9.17, 15) is 4.79 Å². The molecule has 0 spiro atoms. The van der Waals surface area contributed by atoms with Gasteiger partial charge in [0.25, 0.3) is 0 Å². The summed E-state index contributed by atoms with van der Waals surface area (Å²) in [4.78, 5) is 13.4. The first-order valence-corrected chi connectivity index (χ1v) is 8.38. The third-order valence-corrected chi connectivity index (χ3v) is 4.88. The van der Waals surface area contributed by atoms with E-state index < -0.39 is 0 Å². The molecule has 126 valence electrons. The number of rotatable bonds is 4. The summed E-state index contributed by atoms with van der Waals surface area (Å²) in [6.07, 6.45) is 5.72. The maximum Gasteiger partial charge on any atom is 0.409 e. The highest BCUT2D eigenvalue weighted by Gasteiger charge is 2.28. The number of likely N-dealkylation sites (tertiary alicyclic amines) is 1. The standard InChI is InChI=1S/C18H25NO4/c1-21-16-8-7-13(11-17(16)23-15-5-3-4-6-15)14-9-10-19(12-14)18(20)22-2/h7-8,11,14-15H,3-6,9-10,12H2,1-2H3/t14-/m0/s1. The molecule has 1 saturated heterocycles. The van der Waals surface area contributed by atoms with Gasteiger partial charge in [0, 0.05) is 19.0 Å². The van der Waals surface area contributed by atoms with Gasteiger partial charge >= 0.3 is 6.09 Å². The van der Waals surface area contributed by atoms with Gasteiger partial charge in [0.05, 0.1) is 20.3 Å². The van der Waals surface area contributed by atoms with Crippen molar-refractivity contribution in [2.45, 2.75) is 44.1 Å². The van der Waals surface area contributed by atoms with Gasteiger partial charge in [-0.1, -0.05) is 6.07 Å². The van der Waals surface area contributed by atoms with Crippen LogP contribution in [0.2, 0.25) is 0 Å². The zero-order valence-corrected chi connectivity index (χ0v) is 13.9. The van der Waals surface area contributed by atoms with E-state index in [1.807, 2.05) is 6.07 Å². The lowest BCUT2D eigenvalue weighted by Crippen LogP contribution is -2.28. The number of hydrogen-bond donors (Lipinski definition) is 0. The molecule has 1 atom stereocenters. The summed E-state index contributed by atoms with van der Waals surface area (Å²) in [5, 5.41) is 0. The Balaban J connectivity index is 1.74. The van der Waals surface area contributed by atoms with Crippen LogP contribution in [0, 0.1) is 0 Å². The molecule has 0 radical (unpaired) electrons. The van der Waals surface area contributed by atoms with Crippen LogP contribution in [0.5, 0.6) is 11.5 Å². The Labute approximate surface area is 137 Å². The largest absolute Gasteiger partial charge is 0.493 e. The van der Waals surface area contributed by atoms with Gasteiger partial charge in [-0.05, 0) is 49.8 Å². The number of hydrogen-bond acceptors (Lipinski definition) is 4. The molecule has 1 amide bonds. The number of carbonyl (C=O) groups excluding carboxylic acids is 1. The molecule has 1 saturated carbocycles. The Bertz CT molecular complexity index is 554. The van der Waals surface area contributed by atoms with Crippen molar-refractivity contribution in [1.82, 2.24) is 4.90 Å². The number of benzene rings is 1. The molecule has 0 unspecified atom stereocenters. The lowest BCUT2D eigenvalue weighted by Gasteiger charge is -2.19. The van der Waals surface area contributed by atoms with Gasteiger partial charge in [-0.3, -0.25) is 0 Å². The van der Waals surface area contributed by atoms with Gasteiger partial charge in [0.15, 0.2) is 11.5 Å². The highest BCUT2D eigenvalue weighted by molar-refractivity contribution is 5.68. The van der Waals surface area contributed by atoms with E-state index in [-0.39, 0.29) is 6.09 Å². The maximum atomic E-state index is 11.6. The lowest BCUT2D eigenvalue weighted by molar-refractivity contribution is 0.132. The number of nitrogens with zero attached hydrogens (tertiary/aromatic N) is 1. The van der Waals surface area contributed by atoms with Crippen molar-refractivity contribution >= 4 is 6.09 Å². The fraction of sp³-hybridized carbons (Fsp3) is 0.611. The molecule has 1 aromatic rings. The number of amides is 1. The highest BCUT2D eigenvalue weighted by Crippen LogP contribution is 2.36. The van der Waals surface area contributed by atoms with Crippen LogP contribution in [0.3, 0.4) is 0 Å². The van der Waals surface area contributed by atoms with E-state index in [4.69, 9.17) is 14.2 Å². The first-order chi connectivity index (χ1) is 11.2. The molecular weight excluding hydrogens is 294 g/mol. The zero-order chi connectivity index (χ0) is 16.2. The first kappa shape index (κ1) is 16.0. The Morgan fingerprint density at radius 1 is 1.13 bits per heavy atom. The molecule has 3 rings (SSSR count). The third-order valence-electron chi connectivity index (χ3n) is 4.88. The molecule has 1 heterocycles. The van der Waals surface area contributed by atoms with Crippen molar-refractivity contribution in [3.63, 3.8) is 0 Å². The monoisotopic (exact) mass is 319 g/mol. The number of methoxy groups -OCH3 is 2. The van der Waals surface area contributed by atoms with Crippen molar-refractivity contribution in [2.75, 3.05) is 27.3 Å². The molecule has 23 heavy (non-hydrogen) atoms. The summed E-state index contributed by atoms with van der Waals surface area (Å²) in [6.45, 7) is 1.43. The summed E-state index contributed by atoms with van der Waals surface area (Å²) in [5.41, 5.74) is 1.20. The molecular formula is C18H25NO4. The number of carbonyl (C=O) groups is 1. The second-order valence-electron chi connectivity index (χ2n) is 6.34. The SMILES string of the molecule is COC(=O)N1CC[C@H](c2ccc(OC)c(OC3CCCC3)c2)C1. The van der Waals surface area contributed by atoms with E-state index in [0.717, 1.165) is 37.3 Å². The number of ether oxygens (including phenoxy) is 3. The zero-order valence-electron chi connectivity index (χ0n) is 13.9. The fourth-order valence-corrected chi connectivity index (χ4v) is 3.55. The normalized spacial score (nSPS) is 21.5. The molecule has 5 heteroatoms. The summed E-state index contributed by atoms with van der Waals surface area (Å²) >= 11 is 0. The van der Waals surface area contributed by atoms with Crippen molar-refractivity contribution < 1.29 is 19.0 Å². The topological polar surface area (TPSA) is 48.0 Å². The van der Waals surface area contributed by atoms with Crippen LogP contribution in [-0.4, -0.2) is 44.4 Å². The van der Waals surface area contributed by atoms with Crippen molar-refractivity contribution in [3.8, 4) is 11.5 Å². The Morgan fingerprint density at radius 2 is 1.91 bits per heavy atom. The Kier molecular flexibility index (Phi) is 4.94. The first-order valence-electron chi connectivity index (χ1n) is 8.38. The quantitative estimate of drug-likeness (QED) is 0.851. The highest BCUT2D eigenvalue weighted by atomic mass is 16.5. The average molecular weight is 319 g/mol. The van der Waals surface area contributed by atoms with Crippen molar-refractivity contribution in [3.05, 3.63) is 23.8 Å². The van der Waals surface area contributed by atoms with Crippen LogP contribution in [-0.2, 0) is 4.74 Å². The molecule has 1 aromatic carbocycles. The minimum absolute atomic E-state index is 0.247. The summed E-state index contributed by atoms with van der Waals surface area (Å²) in [5.74, 6) is 1.93. The smallest absolute Gasteiger partial charge is 0.409 e. The molecule has 0 bridgehead atoms. The Hall–Kier alpha value is -1.91. The summed E-state index contributed by atoms with van der Waals surface area (Å²) < 4.78 is 16.4. The minimum atomic E-state index is -0.247. The van der Waals surface area contributed by atoms with E-state index in [1.54, 1.807) is 12.0 Å². The van der Waals surface area contributed by atoms with Gasteiger partial charge < -0.3 is 19.1 Å². The predicted octanol–water partition coefficient (Wildman–Crippen LogP) is 3.57. The summed E-state index contributed by atoms with van der Waals surface area (Å²) in [7, 11) is 3.10. The fourth-order valence-electron chi connectivity index (χ4n) is 3.55. The van der Waals surface area contributed by atoms with Crippen LogP contribution in [0.25, 0.3) is 0 Å². The average Bonchev–Trinajstić information content (AvgIpc) is 3.25. The van der Waals surface area contributed by atoms with Crippen molar-refractivity contribution in [1.29, 1.82) is 0 Å². The maximum absolute atomic E-state index is 11.6. The van der Waals surface area contributed by atoms with Crippen LogP contribution in [0.4, 0.5) is 4.79 Å². The molecule has 5 nitrogen and oxygen atoms in total. The summed E-state index contributed by atoms with van der Waals surface area (Å²) in [6, 6.07) is 6.13. The third kappa shape index (κ3) is 3.54. The van der Waals surface area contributed by atoms with Crippen LogP contribution in [0.1, 0.15) is 43.6 Å². The van der Waals surface area contributed by atoms with Gasteiger partial charge in [-0.25, -0.2) is 4.79 Å². The van der Waals surface area contributed by atoms with Gasteiger partial charge in [-0.2, -0.15) is 0 Å². The molecule has 2 fully saturated rings. The van der Waals surface area contributed by atoms with E-state index in [1.165, 1.54) is 25.5 Å². The van der Waals surface area contributed by atoms with Crippen molar-refractivity contribution in [2.24, 2.45) is 0 Å². The Morgan fingerprint density at radius 3 is 2.61 bits per heavy atom. The molecule has 2 aliphatic rings. The predicted molar refractivity (Wildman–Crippen MR) is 87.2 cm³/mol. The van der Waals surface area contributed by atoms with Crippen LogP contribution >= 0.6 is 0 Å². The van der Waals surface area contributed by atoms with E-state index in [2.05, 4.69) is 12.1 Å². The molecule has 0 N–H and O–H groups in total. The van der Waals surface area contributed by atoms with Gasteiger partial charge in [0.2, 0.25) is 0 Å². The van der Waals surface area contributed by atoms with Crippen LogP contribution < -0.4 is 9.47 Å². The van der Waals surface area contributed by atoms with Crippen LogP contribution in [0.15, 0.2) is 18.2 Å². The second-order valence-corrected chi connectivity index (χ2v) is 6.34. The van der Waals surface area contributed by atoms with E-state index in [0.29, 0.717) is 18.6 Å². The minimum Gasteiger partial charge on any atom is -0.493 e. The molecule has 1 aliphatic carbocycles. The van der Waals surface area contributed by atoms with Gasteiger partial charge in [-0.15, -0.1) is 0 Å². The lowest BCUT2D eigenvalue weighted by atomic mass is 9.98.